The van der Waals surface area contributed by atoms with Gasteiger partial charge in [0.2, 0.25) is 0 Å². The summed E-state index contributed by atoms with van der Waals surface area (Å²) in [6, 6.07) is 10.0. The van der Waals surface area contributed by atoms with Gasteiger partial charge >= 0.3 is 0 Å². The summed E-state index contributed by atoms with van der Waals surface area (Å²) < 4.78 is 22.0. The zero-order chi connectivity index (χ0) is 11.0. The third kappa shape index (κ3) is 7.48. The van der Waals surface area contributed by atoms with Crippen LogP contribution < -0.4 is 0 Å². The van der Waals surface area contributed by atoms with Crippen molar-refractivity contribution in [2.45, 2.75) is 0 Å². The highest BCUT2D eigenvalue weighted by molar-refractivity contribution is 7.85. The smallest absolute Gasteiger partial charge is 0.235 e. The summed E-state index contributed by atoms with van der Waals surface area (Å²) in [5.74, 6) is 0. The number of hydrogen-bond donors (Lipinski definition) is 1. The molecule has 0 spiro atoms. The molecule has 0 aliphatic rings. The second kappa shape index (κ2) is 6.31. The van der Waals surface area contributed by atoms with Crippen molar-refractivity contribution in [3.05, 3.63) is 42.5 Å². The number of hydrogen-bond acceptors (Lipinski definition) is 4. The summed E-state index contributed by atoms with van der Waals surface area (Å²) in [6.45, 7) is 3.63. The molecule has 1 rings (SSSR count). The Bertz CT molecular complexity index is 356. The van der Waals surface area contributed by atoms with Crippen LogP contribution in [0.5, 0.6) is 0 Å². The molecule has 0 unspecified atom stereocenters. The molecule has 0 amide bonds. The van der Waals surface area contributed by atoms with Crippen molar-refractivity contribution in [1.29, 1.82) is 0 Å². The second-order valence-electron chi connectivity index (χ2n) is 2.39. The highest BCUT2D eigenvalue weighted by Crippen LogP contribution is 1.97. The molecule has 78 valence electrons. The van der Waals surface area contributed by atoms with Crippen LogP contribution in [-0.4, -0.2) is 19.9 Å². The van der Waals surface area contributed by atoms with E-state index in [0.717, 1.165) is 6.26 Å². The quantitative estimate of drug-likeness (QED) is 0.604. The van der Waals surface area contributed by atoms with Crippen molar-refractivity contribution in [3.63, 3.8) is 0 Å². The molecule has 0 heterocycles. The number of rotatable bonds is 2. The van der Waals surface area contributed by atoms with Gasteiger partial charge in [-0.2, -0.15) is 8.42 Å². The van der Waals surface area contributed by atoms with E-state index in [2.05, 4.69) is 10.9 Å². The molecule has 14 heavy (non-hydrogen) atoms. The van der Waals surface area contributed by atoms with E-state index in [1.54, 1.807) is 0 Å². The van der Waals surface area contributed by atoms with Crippen molar-refractivity contribution < 1.29 is 18.0 Å². The first-order valence-electron chi connectivity index (χ1n) is 3.70. The molecule has 5 heteroatoms. The third-order valence-electron chi connectivity index (χ3n) is 1.17. The van der Waals surface area contributed by atoms with Crippen LogP contribution in [0.4, 0.5) is 0 Å². The third-order valence-corrected chi connectivity index (χ3v) is 1.44. The fraction of sp³-hybridized carbons (Fsp3) is 0.111. The molecule has 1 aromatic carbocycles. The monoisotopic (exact) mass is 216 g/mol. The van der Waals surface area contributed by atoms with Crippen LogP contribution in [0, 0.1) is 0 Å². The average Bonchev–Trinajstić information content (AvgIpc) is 2.19. The minimum absolute atomic E-state index is 0.743. The van der Waals surface area contributed by atoms with Crippen LogP contribution in [0.15, 0.2) is 36.9 Å². The van der Waals surface area contributed by atoms with E-state index < -0.39 is 10.1 Å². The summed E-state index contributed by atoms with van der Waals surface area (Å²) in [5.41, 5.74) is 1.17. The highest BCUT2D eigenvalue weighted by Gasteiger charge is 1.93. The van der Waals surface area contributed by atoms with Gasteiger partial charge in [-0.25, -0.2) is 5.26 Å². The van der Waals surface area contributed by atoms with Crippen LogP contribution in [0.3, 0.4) is 0 Å². The molecule has 0 aliphatic heterocycles. The summed E-state index contributed by atoms with van der Waals surface area (Å²) in [7, 11) is -3.61. The van der Waals surface area contributed by atoms with E-state index >= 15 is 0 Å². The Labute approximate surface area is 83.5 Å². The Morgan fingerprint density at radius 2 is 1.79 bits per heavy atom. The lowest BCUT2D eigenvalue weighted by Gasteiger charge is -1.85. The lowest BCUT2D eigenvalue weighted by Crippen LogP contribution is -1.96. The Hall–Kier alpha value is -1.17. The minimum atomic E-state index is -3.61. The fourth-order valence-corrected chi connectivity index (χ4v) is 0.589. The van der Waals surface area contributed by atoms with Gasteiger partial charge in [0.25, 0.3) is 10.1 Å². The van der Waals surface area contributed by atoms with E-state index in [9.17, 15) is 8.42 Å². The van der Waals surface area contributed by atoms with Gasteiger partial charge in [-0.15, -0.1) is 4.33 Å². The first kappa shape index (κ1) is 12.8. The Kier molecular flexibility index (Phi) is 5.78. The molecule has 0 radical (unpaired) electrons. The summed E-state index contributed by atoms with van der Waals surface area (Å²) in [5, 5.41) is 7.31. The molecule has 0 fully saturated rings. The first-order valence-corrected chi connectivity index (χ1v) is 5.51. The second-order valence-corrected chi connectivity index (χ2v) is 3.95. The van der Waals surface area contributed by atoms with Gasteiger partial charge in [-0.1, -0.05) is 43.0 Å². The Balaban J connectivity index is 0.000000255. The first-order chi connectivity index (χ1) is 6.49. The zero-order valence-corrected chi connectivity index (χ0v) is 8.57. The van der Waals surface area contributed by atoms with Crippen molar-refractivity contribution in [2.75, 3.05) is 6.26 Å². The molecule has 1 N–H and O–H groups in total. The van der Waals surface area contributed by atoms with E-state index in [1.165, 1.54) is 5.56 Å². The fourth-order valence-electron chi connectivity index (χ4n) is 0.589. The molecular formula is C9H12O4S. The van der Waals surface area contributed by atoms with Gasteiger partial charge in [-0.3, -0.25) is 0 Å². The van der Waals surface area contributed by atoms with Crippen molar-refractivity contribution in [3.8, 4) is 0 Å². The summed E-state index contributed by atoms with van der Waals surface area (Å²) >= 11 is 0. The van der Waals surface area contributed by atoms with Gasteiger partial charge in [0.05, 0.1) is 6.26 Å². The van der Waals surface area contributed by atoms with Gasteiger partial charge in [0.1, 0.15) is 0 Å². The van der Waals surface area contributed by atoms with Crippen LogP contribution in [0.2, 0.25) is 0 Å². The van der Waals surface area contributed by atoms with E-state index in [0.29, 0.717) is 0 Å². The molecule has 4 nitrogen and oxygen atoms in total. The molecule has 0 aliphatic carbocycles. The zero-order valence-electron chi connectivity index (χ0n) is 7.75. The predicted octanol–water partition coefficient (Wildman–Crippen LogP) is 1.77. The van der Waals surface area contributed by atoms with Crippen molar-refractivity contribution in [1.82, 2.24) is 0 Å². The molecule has 0 saturated heterocycles. The van der Waals surface area contributed by atoms with E-state index in [4.69, 9.17) is 5.26 Å². The van der Waals surface area contributed by atoms with Crippen LogP contribution in [0.1, 0.15) is 5.56 Å². The Morgan fingerprint density at radius 3 is 2.00 bits per heavy atom. The standard InChI is InChI=1S/C8H8.CH4O4S/c1-2-8-6-4-3-5-7-8;1-6(3,4)5-2/h2-7H,1H2;2H,1H3. The van der Waals surface area contributed by atoms with E-state index in [-0.39, 0.29) is 0 Å². The molecule has 0 atom stereocenters. The largest absolute Gasteiger partial charge is 0.290 e. The maximum absolute atomic E-state index is 9.53. The summed E-state index contributed by atoms with van der Waals surface area (Å²) in [6.07, 6.45) is 2.58. The molecule has 0 bridgehead atoms. The maximum atomic E-state index is 9.53. The topological polar surface area (TPSA) is 63.6 Å². The molecule has 1 aromatic rings. The van der Waals surface area contributed by atoms with Crippen molar-refractivity contribution in [2.24, 2.45) is 0 Å². The van der Waals surface area contributed by atoms with Crippen LogP contribution >= 0.6 is 0 Å². The SMILES string of the molecule is C=Cc1ccccc1.CS(=O)(=O)OO. The lowest BCUT2D eigenvalue weighted by atomic mass is 10.2. The van der Waals surface area contributed by atoms with Crippen LogP contribution in [0.25, 0.3) is 6.08 Å². The molecular weight excluding hydrogens is 204 g/mol. The average molecular weight is 216 g/mol. The van der Waals surface area contributed by atoms with Gasteiger partial charge in [0.15, 0.2) is 0 Å². The van der Waals surface area contributed by atoms with Gasteiger partial charge < -0.3 is 0 Å². The lowest BCUT2D eigenvalue weighted by molar-refractivity contribution is -0.129. The highest BCUT2D eigenvalue weighted by atomic mass is 32.2. The Morgan fingerprint density at radius 1 is 1.36 bits per heavy atom. The van der Waals surface area contributed by atoms with Crippen LogP contribution in [-0.2, 0) is 14.5 Å². The van der Waals surface area contributed by atoms with Gasteiger partial charge in [0, 0.05) is 0 Å². The number of benzene rings is 1. The predicted molar refractivity (Wildman–Crippen MR) is 55.1 cm³/mol. The maximum Gasteiger partial charge on any atom is 0.290 e. The van der Waals surface area contributed by atoms with Gasteiger partial charge in [-0.05, 0) is 5.56 Å². The van der Waals surface area contributed by atoms with Crippen molar-refractivity contribution >= 4 is 16.2 Å². The molecule has 0 aromatic heterocycles. The molecule has 0 saturated carbocycles. The minimum Gasteiger partial charge on any atom is -0.235 e. The summed E-state index contributed by atoms with van der Waals surface area (Å²) in [4.78, 5) is 0. The van der Waals surface area contributed by atoms with E-state index in [1.807, 2.05) is 36.4 Å². The normalized spacial score (nSPS) is 9.86.